The van der Waals surface area contributed by atoms with Crippen LogP contribution in [0.15, 0.2) is 17.2 Å². The smallest absolute Gasteiger partial charge is 0.321 e. The second-order valence-corrected chi connectivity index (χ2v) is 7.06. The molecule has 0 fully saturated rings. The Labute approximate surface area is 144 Å². The third-order valence-corrected chi connectivity index (χ3v) is 4.68. The Hall–Kier alpha value is -2.22. The van der Waals surface area contributed by atoms with Gasteiger partial charge in [-0.25, -0.2) is 9.78 Å². The second-order valence-electron chi connectivity index (χ2n) is 5.95. The van der Waals surface area contributed by atoms with Crippen LogP contribution in [-0.4, -0.2) is 28.0 Å². The summed E-state index contributed by atoms with van der Waals surface area (Å²) in [5, 5.41) is 5.34. The van der Waals surface area contributed by atoms with Crippen LogP contribution in [0, 0.1) is 5.92 Å². The molecule has 7 nitrogen and oxygen atoms in total. The molecule has 3 amide bonds. The van der Waals surface area contributed by atoms with Gasteiger partial charge in [0, 0.05) is 11.4 Å². The SMILES string of the molecule is CCc1cc2c(=O)n(CC(=O)NC(=O)NCCC(C)C)cnc2s1. The van der Waals surface area contributed by atoms with Crippen LogP contribution in [0.25, 0.3) is 10.2 Å². The van der Waals surface area contributed by atoms with E-state index in [9.17, 15) is 14.4 Å². The Morgan fingerprint density at radius 2 is 2.12 bits per heavy atom. The lowest BCUT2D eigenvalue weighted by Gasteiger charge is -2.09. The number of fused-ring (bicyclic) bond motifs is 1. The van der Waals surface area contributed by atoms with Gasteiger partial charge in [-0.1, -0.05) is 20.8 Å². The van der Waals surface area contributed by atoms with E-state index in [-0.39, 0.29) is 12.1 Å². The molecule has 24 heavy (non-hydrogen) atoms. The number of imide groups is 1. The number of aryl methyl sites for hydroxylation is 1. The van der Waals surface area contributed by atoms with Crippen LogP contribution in [0.2, 0.25) is 0 Å². The van der Waals surface area contributed by atoms with E-state index in [4.69, 9.17) is 0 Å². The molecule has 2 rings (SSSR count). The number of carbonyl (C=O) groups is 2. The van der Waals surface area contributed by atoms with Crippen molar-refractivity contribution < 1.29 is 9.59 Å². The number of rotatable bonds is 6. The summed E-state index contributed by atoms with van der Waals surface area (Å²) >= 11 is 1.47. The zero-order valence-corrected chi connectivity index (χ0v) is 14.9. The van der Waals surface area contributed by atoms with E-state index in [1.807, 2.05) is 13.0 Å². The molecule has 0 unspecified atom stereocenters. The lowest BCUT2D eigenvalue weighted by Crippen LogP contribution is -2.42. The van der Waals surface area contributed by atoms with Crippen LogP contribution in [0.3, 0.4) is 0 Å². The lowest BCUT2D eigenvalue weighted by molar-refractivity contribution is -0.120. The number of urea groups is 1. The molecule has 0 atom stereocenters. The number of hydrogen-bond donors (Lipinski definition) is 2. The topological polar surface area (TPSA) is 93.1 Å². The van der Waals surface area contributed by atoms with Crippen molar-refractivity contribution in [2.24, 2.45) is 5.92 Å². The molecule has 0 bridgehead atoms. The summed E-state index contributed by atoms with van der Waals surface area (Å²) in [5.74, 6) is -0.0813. The van der Waals surface area contributed by atoms with E-state index in [1.165, 1.54) is 22.2 Å². The summed E-state index contributed by atoms with van der Waals surface area (Å²) < 4.78 is 1.21. The minimum Gasteiger partial charge on any atom is -0.338 e. The zero-order chi connectivity index (χ0) is 17.7. The molecule has 0 spiro atoms. The average molecular weight is 350 g/mol. The molecule has 0 radical (unpaired) electrons. The van der Waals surface area contributed by atoms with Gasteiger partial charge in [-0.05, 0) is 24.8 Å². The van der Waals surface area contributed by atoms with E-state index < -0.39 is 11.9 Å². The van der Waals surface area contributed by atoms with Crippen LogP contribution in [0.5, 0.6) is 0 Å². The van der Waals surface area contributed by atoms with Crippen molar-refractivity contribution in [2.75, 3.05) is 6.54 Å². The van der Waals surface area contributed by atoms with Gasteiger partial charge in [0.15, 0.2) is 0 Å². The highest BCUT2D eigenvalue weighted by Gasteiger charge is 2.12. The van der Waals surface area contributed by atoms with Crippen molar-refractivity contribution in [3.05, 3.63) is 27.6 Å². The number of hydrogen-bond acceptors (Lipinski definition) is 5. The Balaban J connectivity index is 1.99. The average Bonchev–Trinajstić information content (AvgIpc) is 2.94. The summed E-state index contributed by atoms with van der Waals surface area (Å²) in [4.78, 5) is 41.9. The number of nitrogens with one attached hydrogen (secondary N) is 2. The van der Waals surface area contributed by atoms with E-state index in [1.54, 1.807) is 0 Å². The van der Waals surface area contributed by atoms with E-state index in [2.05, 4.69) is 29.5 Å². The molecule has 0 aliphatic carbocycles. The number of carbonyl (C=O) groups excluding carboxylic acids is 2. The summed E-state index contributed by atoms with van der Waals surface area (Å²) in [5.41, 5.74) is -0.272. The number of nitrogens with zero attached hydrogens (tertiary/aromatic N) is 2. The highest BCUT2D eigenvalue weighted by molar-refractivity contribution is 7.18. The van der Waals surface area contributed by atoms with Gasteiger partial charge in [-0.2, -0.15) is 0 Å². The quantitative estimate of drug-likeness (QED) is 0.832. The lowest BCUT2D eigenvalue weighted by atomic mass is 10.1. The van der Waals surface area contributed by atoms with Crippen molar-refractivity contribution in [2.45, 2.75) is 40.2 Å². The highest BCUT2D eigenvalue weighted by Crippen LogP contribution is 2.20. The van der Waals surface area contributed by atoms with Gasteiger partial charge >= 0.3 is 6.03 Å². The maximum Gasteiger partial charge on any atom is 0.321 e. The van der Waals surface area contributed by atoms with Crippen LogP contribution in [0.4, 0.5) is 4.79 Å². The summed E-state index contributed by atoms with van der Waals surface area (Å²) in [6.07, 6.45) is 3.01. The Kier molecular flexibility index (Phi) is 6.08. The van der Waals surface area contributed by atoms with E-state index in [0.717, 1.165) is 17.7 Å². The second kappa shape index (κ2) is 8.05. The third kappa shape index (κ3) is 4.64. The fraction of sp³-hybridized carbons (Fsp3) is 0.500. The van der Waals surface area contributed by atoms with Crippen LogP contribution < -0.4 is 16.2 Å². The predicted molar refractivity (Wildman–Crippen MR) is 94.3 cm³/mol. The van der Waals surface area contributed by atoms with Gasteiger partial charge in [0.05, 0.1) is 11.7 Å². The Bertz CT molecular complexity index is 794. The van der Waals surface area contributed by atoms with Gasteiger partial charge in [0.25, 0.3) is 5.56 Å². The first kappa shape index (κ1) is 18.1. The minimum absolute atomic E-state index is 0.239. The monoisotopic (exact) mass is 350 g/mol. The standard InChI is InChI=1S/C16H22N4O3S/c1-4-11-7-12-14(24-11)18-9-20(15(12)22)8-13(21)19-16(23)17-6-5-10(2)3/h7,9-10H,4-6,8H2,1-3H3,(H2,17,19,21,23). The molecular formula is C16H22N4O3S. The third-order valence-electron chi connectivity index (χ3n) is 3.49. The molecule has 0 saturated heterocycles. The van der Waals surface area contributed by atoms with E-state index >= 15 is 0 Å². The summed E-state index contributed by atoms with van der Waals surface area (Å²) in [6, 6.07) is 1.26. The van der Waals surface area contributed by atoms with Crippen molar-refractivity contribution in [3.63, 3.8) is 0 Å². The van der Waals surface area contributed by atoms with Crippen molar-refractivity contribution in [1.29, 1.82) is 0 Å². The first-order chi connectivity index (χ1) is 11.4. The first-order valence-electron chi connectivity index (χ1n) is 7.96. The molecule has 0 aromatic carbocycles. The maximum atomic E-state index is 12.4. The molecule has 0 saturated carbocycles. The van der Waals surface area contributed by atoms with E-state index in [0.29, 0.717) is 22.7 Å². The fourth-order valence-corrected chi connectivity index (χ4v) is 3.06. The largest absolute Gasteiger partial charge is 0.338 e. The predicted octanol–water partition coefficient (Wildman–Crippen LogP) is 1.89. The Morgan fingerprint density at radius 3 is 2.79 bits per heavy atom. The molecule has 130 valence electrons. The number of aromatic nitrogens is 2. The molecule has 2 heterocycles. The fourth-order valence-electron chi connectivity index (χ4n) is 2.14. The van der Waals surface area contributed by atoms with Crippen molar-refractivity contribution >= 4 is 33.5 Å². The maximum absolute atomic E-state index is 12.4. The molecule has 0 aliphatic rings. The van der Waals surface area contributed by atoms with Crippen LogP contribution in [-0.2, 0) is 17.8 Å². The van der Waals surface area contributed by atoms with Gasteiger partial charge in [-0.15, -0.1) is 11.3 Å². The molecule has 2 N–H and O–H groups in total. The van der Waals surface area contributed by atoms with Crippen molar-refractivity contribution in [1.82, 2.24) is 20.2 Å². The Morgan fingerprint density at radius 1 is 1.38 bits per heavy atom. The number of thiophene rings is 1. The zero-order valence-electron chi connectivity index (χ0n) is 14.1. The molecule has 2 aromatic rings. The normalized spacial score (nSPS) is 11.0. The van der Waals surface area contributed by atoms with Gasteiger partial charge < -0.3 is 5.32 Å². The molecular weight excluding hydrogens is 328 g/mol. The summed E-state index contributed by atoms with van der Waals surface area (Å²) in [6.45, 7) is 6.37. The minimum atomic E-state index is -0.550. The van der Waals surface area contributed by atoms with Crippen LogP contribution >= 0.6 is 11.3 Å². The highest BCUT2D eigenvalue weighted by atomic mass is 32.1. The molecule has 2 aromatic heterocycles. The van der Waals surface area contributed by atoms with Gasteiger partial charge in [0.1, 0.15) is 11.4 Å². The number of amides is 3. The molecule has 0 aliphatic heterocycles. The summed E-state index contributed by atoms with van der Waals surface area (Å²) in [7, 11) is 0. The van der Waals surface area contributed by atoms with Gasteiger partial charge in [-0.3, -0.25) is 19.5 Å². The first-order valence-corrected chi connectivity index (χ1v) is 8.78. The van der Waals surface area contributed by atoms with Crippen LogP contribution in [0.1, 0.15) is 32.1 Å². The van der Waals surface area contributed by atoms with Gasteiger partial charge in [0.2, 0.25) is 5.91 Å². The molecule has 8 heteroatoms. The van der Waals surface area contributed by atoms with Crippen molar-refractivity contribution in [3.8, 4) is 0 Å².